The number of piperidine rings is 1. The maximum atomic E-state index is 12.2. The van der Waals surface area contributed by atoms with Gasteiger partial charge in [-0.05, 0) is 42.5 Å². The second-order valence-corrected chi connectivity index (χ2v) is 5.85. The number of hydrogen-bond donors (Lipinski definition) is 1. The molecule has 4 nitrogen and oxygen atoms in total. The van der Waals surface area contributed by atoms with Crippen molar-refractivity contribution in [2.75, 3.05) is 18.4 Å². The molecule has 22 heavy (non-hydrogen) atoms. The van der Waals surface area contributed by atoms with Crippen molar-refractivity contribution in [2.45, 2.75) is 26.6 Å². The zero-order chi connectivity index (χ0) is 16.3. The van der Waals surface area contributed by atoms with Crippen LogP contribution in [0.1, 0.15) is 20.3 Å². The summed E-state index contributed by atoms with van der Waals surface area (Å²) in [4.78, 5) is 13.9. The summed E-state index contributed by atoms with van der Waals surface area (Å²) in [6.45, 7) is 5.56. The van der Waals surface area contributed by atoms with Crippen LogP contribution in [0, 0.1) is 11.8 Å². The van der Waals surface area contributed by atoms with Gasteiger partial charge in [0.2, 0.25) is 0 Å². The van der Waals surface area contributed by atoms with Crippen LogP contribution in [0.3, 0.4) is 0 Å². The number of anilines is 1. The van der Waals surface area contributed by atoms with Crippen molar-refractivity contribution in [1.29, 1.82) is 0 Å². The van der Waals surface area contributed by atoms with Crippen LogP contribution >= 0.6 is 0 Å². The highest BCUT2D eigenvalue weighted by Gasteiger charge is 2.31. The van der Waals surface area contributed by atoms with Gasteiger partial charge in [0.25, 0.3) is 0 Å². The van der Waals surface area contributed by atoms with Crippen molar-refractivity contribution in [1.82, 2.24) is 4.90 Å². The van der Waals surface area contributed by atoms with E-state index in [1.54, 1.807) is 4.90 Å². The summed E-state index contributed by atoms with van der Waals surface area (Å²) in [5.74, 6) is 0.569. The fourth-order valence-corrected chi connectivity index (χ4v) is 2.77. The zero-order valence-electron chi connectivity index (χ0n) is 12.5. The van der Waals surface area contributed by atoms with E-state index in [-0.39, 0.29) is 11.8 Å². The Morgan fingerprint density at radius 2 is 1.73 bits per heavy atom. The van der Waals surface area contributed by atoms with Gasteiger partial charge in [-0.25, -0.2) is 4.79 Å². The molecular formula is C15H19F3N2O2. The number of likely N-dealkylation sites (tertiary alicyclic amines) is 1. The Kier molecular flexibility index (Phi) is 4.83. The topological polar surface area (TPSA) is 41.6 Å². The van der Waals surface area contributed by atoms with Gasteiger partial charge in [0.05, 0.1) is 0 Å². The van der Waals surface area contributed by atoms with Crippen LogP contribution in [0.15, 0.2) is 24.3 Å². The average molecular weight is 316 g/mol. The molecule has 1 fully saturated rings. The van der Waals surface area contributed by atoms with Gasteiger partial charge >= 0.3 is 12.4 Å². The van der Waals surface area contributed by atoms with E-state index in [0.717, 1.165) is 6.42 Å². The molecule has 7 heteroatoms. The summed E-state index contributed by atoms with van der Waals surface area (Å²) in [5.41, 5.74) is 0.436. The molecule has 1 N–H and O–H groups in total. The molecule has 0 saturated carbocycles. The Labute approximate surface area is 127 Å². The Hall–Kier alpha value is -1.92. The third-order valence-electron chi connectivity index (χ3n) is 3.50. The van der Waals surface area contributed by atoms with Crippen molar-refractivity contribution in [3.05, 3.63) is 24.3 Å². The van der Waals surface area contributed by atoms with Crippen LogP contribution in [-0.2, 0) is 0 Å². The average Bonchev–Trinajstić information content (AvgIpc) is 2.38. The molecule has 0 bridgehead atoms. The minimum Gasteiger partial charge on any atom is -0.406 e. The van der Waals surface area contributed by atoms with Crippen LogP contribution in [0.25, 0.3) is 0 Å². The van der Waals surface area contributed by atoms with Crippen molar-refractivity contribution < 1.29 is 22.7 Å². The number of hydrogen-bond acceptors (Lipinski definition) is 2. The molecule has 1 saturated heterocycles. The second-order valence-electron chi connectivity index (χ2n) is 5.85. The van der Waals surface area contributed by atoms with Crippen molar-refractivity contribution in [2.24, 2.45) is 11.8 Å². The number of urea groups is 1. The summed E-state index contributed by atoms with van der Waals surface area (Å²) >= 11 is 0. The number of amides is 2. The molecule has 1 aromatic rings. The summed E-state index contributed by atoms with van der Waals surface area (Å²) in [6.07, 6.45) is -3.63. The second kappa shape index (κ2) is 6.46. The number of carbonyl (C=O) groups is 1. The molecule has 0 aromatic heterocycles. The fourth-order valence-electron chi connectivity index (χ4n) is 2.77. The zero-order valence-corrected chi connectivity index (χ0v) is 12.5. The predicted molar refractivity (Wildman–Crippen MR) is 76.7 cm³/mol. The monoisotopic (exact) mass is 316 g/mol. The number of halogens is 3. The van der Waals surface area contributed by atoms with E-state index in [1.165, 1.54) is 24.3 Å². The number of ether oxygens (including phenoxy) is 1. The van der Waals surface area contributed by atoms with Gasteiger partial charge in [-0.15, -0.1) is 13.2 Å². The lowest BCUT2D eigenvalue weighted by atomic mass is 9.92. The van der Waals surface area contributed by atoms with Crippen LogP contribution in [0.5, 0.6) is 5.75 Å². The lowest BCUT2D eigenvalue weighted by molar-refractivity contribution is -0.274. The fraction of sp³-hybridized carbons (Fsp3) is 0.533. The smallest absolute Gasteiger partial charge is 0.406 e. The highest BCUT2D eigenvalue weighted by Crippen LogP contribution is 2.25. The van der Waals surface area contributed by atoms with Crippen LogP contribution in [0.2, 0.25) is 0 Å². The molecule has 1 aromatic carbocycles. The molecule has 0 spiro atoms. The van der Waals surface area contributed by atoms with E-state index in [4.69, 9.17) is 0 Å². The first-order valence-corrected chi connectivity index (χ1v) is 7.14. The van der Waals surface area contributed by atoms with Gasteiger partial charge in [-0.2, -0.15) is 0 Å². The highest BCUT2D eigenvalue weighted by atomic mass is 19.4. The number of carbonyl (C=O) groups excluding carboxylic acids is 1. The standard InChI is InChI=1S/C15H19F3N2O2/c1-10-7-11(2)9-20(8-10)14(21)19-12-3-5-13(6-4-12)22-15(16,17)18/h3-6,10-11H,7-9H2,1-2H3,(H,19,21)/t10-,11-/m0/s1. The van der Waals surface area contributed by atoms with E-state index < -0.39 is 6.36 Å². The summed E-state index contributed by atoms with van der Waals surface area (Å²) in [6, 6.07) is 4.88. The molecule has 0 aliphatic carbocycles. The van der Waals surface area contributed by atoms with Gasteiger partial charge in [0, 0.05) is 18.8 Å². The number of nitrogens with zero attached hydrogens (tertiary/aromatic N) is 1. The van der Waals surface area contributed by atoms with Gasteiger partial charge in [0.1, 0.15) is 5.75 Å². The minimum absolute atomic E-state index is 0.233. The Bertz CT molecular complexity index is 507. The highest BCUT2D eigenvalue weighted by molar-refractivity contribution is 5.89. The molecule has 2 atom stereocenters. The summed E-state index contributed by atoms with van der Waals surface area (Å²) < 4.78 is 40.0. The molecule has 1 aliphatic rings. The van der Waals surface area contributed by atoms with Crippen LogP contribution < -0.4 is 10.1 Å². The summed E-state index contributed by atoms with van der Waals surface area (Å²) in [7, 11) is 0. The van der Waals surface area contributed by atoms with Crippen molar-refractivity contribution >= 4 is 11.7 Å². The van der Waals surface area contributed by atoms with Crippen molar-refractivity contribution in [3.8, 4) is 5.75 Å². The van der Waals surface area contributed by atoms with E-state index in [9.17, 15) is 18.0 Å². The predicted octanol–water partition coefficient (Wildman–Crippen LogP) is 4.10. The maximum Gasteiger partial charge on any atom is 0.573 e. The number of benzene rings is 1. The largest absolute Gasteiger partial charge is 0.573 e. The number of rotatable bonds is 2. The quantitative estimate of drug-likeness (QED) is 0.892. The molecular weight excluding hydrogens is 297 g/mol. The maximum absolute atomic E-state index is 12.2. The third-order valence-corrected chi connectivity index (χ3v) is 3.50. The lowest BCUT2D eigenvalue weighted by Crippen LogP contribution is -2.44. The number of alkyl halides is 3. The van der Waals surface area contributed by atoms with Gasteiger partial charge in [-0.1, -0.05) is 13.8 Å². The normalized spacial score (nSPS) is 22.3. The third kappa shape index (κ3) is 4.82. The van der Waals surface area contributed by atoms with Gasteiger partial charge < -0.3 is 15.0 Å². The Morgan fingerprint density at radius 1 is 1.18 bits per heavy atom. The molecule has 0 radical (unpaired) electrons. The molecule has 1 heterocycles. The minimum atomic E-state index is -4.72. The molecule has 1 aliphatic heterocycles. The first-order chi connectivity index (χ1) is 10.2. The van der Waals surface area contributed by atoms with E-state index >= 15 is 0 Å². The van der Waals surface area contributed by atoms with Gasteiger partial charge in [0.15, 0.2) is 0 Å². The molecule has 2 rings (SSSR count). The molecule has 122 valence electrons. The van der Waals surface area contributed by atoms with E-state index in [1.807, 2.05) is 0 Å². The van der Waals surface area contributed by atoms with Gasteiger partial charge in [-0.3, -0.25) is 0 Å². The first-order valence-electron chi connectivity index (χ1n) is 7.14. The van der Waals surface area contributed by atoms with Crippen molar-refractivity contribution in [3.63, 3.8) is 0 Å². The SMILES string of the molecule is C[C@H]1C[C@H](C)CN(C(=O)Nc2ccc(OC(F)(F)F)cc2)C1. The Balaban J connectivity index is 1.94. The van der Waals surface area contributed by atoms with E-state index in [0.29, 0.717) is 30.6 Å². The number of nitrogens with one attached hydrogen (secondary N) is 1. The molecule has 2 amide bonds. The van der Waals surface area contributed by atoms with Crippen LogP contribution in [0.4, 0.5) is 23.7 Å². The van der Waals surface area contributed by atoms with Crippen LogP contribution in [-0.4, -0.2) is 30.4 Å². The first kappa shape index (κ1) is 16.5. The molecule has 0 unspecified atom stereocenters. The Morgan fingerprint density at radius 3 is 2.23 bits per heavy atom. The van der Waals surface area contributed by atoms with E-state index in [2.05, 4.69) is 23.9 Å². The summed E-state index contributed by atoms with van der Waals surface area (Å²) in [5, 5.41) is 2.69. The lowest BCUT2D eigenvalue weighted by Gasteiger charge is -2.34.